The van der Waals surface area contributed by atoms with E-state index in [-0.39, 0.29) is 5.91 Å². The van der Waals surface area contributed by atoms with Gasteiger partial charge in [-0.3, -0.25) is 9.48 Å². The summed E-state index contributed by atoms with van der Waals surface area (Å²) in [7, 11) is 1.92. The maximum Gasteiger partial charge on any atom is 0.226 e. The second-order valence-electron chi connectivity index (χ2n) is 6.25. The van der Waals surface area contributed by atoms with E-state index in [0.29, 0.717) is 18.0 Å². The van der Waals surface area contributed by atoms with Crippen LogP contribution in [-0.2, 0) is 18.3 Å². The van der Waals surface area contributed by atoms with Crippen LogP contribution in [0, 0.1) is 20.8 Å². The maximum absolute atomic E-state index is 12.3. The molecule has 0 fully saturated rings. The Morgan fingerprint density at radius 2 is 1.92 bits per heavy atom. The highest BCUT2D eigenvalue weighted by molar-refractivity contribution is 9.10. The number of aryl methyl sites for hydroxylation is 3. The largest absolute Gasteiger partial charge is 0.302 e. The number of aromatic nitrogens is 3. The molecule has 0 unspecified atom stereocenters. The predicted molar refractivity (Wildman–Crippen MR) is 110 cm³/mol. The van der Waals surface area contributed by atoms with Crippen LogP contribution in [0.1, 0.15) is 28.2 Å². The molecular formula is C19H21BrN4OS. The Labute approximate surface area is 165 Å². The SMILES string of the molecule is Cc1nn(C)c(C)c1CCC(=O)Nc1nc(-c2ccc(Br)cc2)c(C)s1. The maximum atomic E-state index is 12.3. The molecule has 1 aromatic carbocycles. The number of hydrogen-bond acceptors (Lipinski definition) is 4. The smallest absolute Gasteiger partial charge is 0.226 e. The second-order valence-corrected chi connectivity index (χ2v) is 8.37. The Morgan fingerprint density at radius 1 is 1.23 bits per heavy atom. The van der Waals surface area contributed by atoms with Gasteiger partial charge in [0.25, 0.3) is 0 Å². The quantitative estimate of drug-likeness (QED) is 0.629. The van der Waals surface area contributed by atoms with Crippen LogP contribution in [0.5, 0.6) is 0 Å². The minimum Gasteiger partial charge on any atom is -0.302 e. The Bertz CT molecular complexity index is 943. The monoisotopic (exact) mass is 432 g/mol. The van der Waals surface area contributed by atoms with Crippen LogP contribution in [0.3, 0.4) is 0 Å². The van der Waals surface area contributed by atoms with Gasteiger partial charge >= 0.3 is 0 Å². The number of thiazole rings is 1. The summed E-state index contributed by atoms with van der Waals surface area (Å²) in [6.45, 7) is 6.03. The summed E-state index contributed by atoms with van der Waals surface area (Å²) in [5, 5.41) is 7.97. The third-order valence-corrected chi connectivity index (χ3v) is 5.84. The molecule has 1 amide bonds. The first-order valence-corrected chi connectivity index (χ1v) is 9.98. The fourth-order valence-electron chi connectivity index (χ4n) is 2.93. The topological polar surface area (TPSA) is 59.8 Å². The van der Waals surface area contributed by atoms with E-state index in [1.54, 1.807) is 0 Å². The van der Waals surface area contributed by atoms with Gasteiger partial charge in [0.05, 0.1) is 11.4 Å². The van der Waals surface area contributed by atoms with Crippen molar-refractivity contribution in [1.82, 2.24) is 14.8 Å². The van der Waals surface area contributed by atoms with Gasteiger partial charge in [0, 0.05) is 34.1 Å². The Morgan fingerprint density at radius 3 is 2.54 bits per heavy atom. The van der Waals surface area contributed by atoms with Crippen molar-refractivity contribution in [3.8, 4) is 11.3 Å². The van der Waals surface area contributed by atoms with Crippen LogP contribution in [0.15, 0.2) is 28.7 Å². The number of nitrogens with zero attached hydrogens (tertiary/aromatic N) is 3. The molecule has 0 aliphatic heterocycles. The molecule has 5 nitrogen and oxygen atoms in total. The predicted octanol–water partition coefficient (Wildman–Crippen LogP) is 4.80. The van der Waals surface area contributed by atoms with Gasteiger partial charge in [-0.25, -0.2) is 4.98 Å². The molecule has 0 saturated carbocycles. The van der Waals surface area contributed by atoms with Crippen molar-refractivity contribution in [2.24, 2.45) is 7.05 Å². The van der Waals surface area contributed by atoms with Crippen LogP contribution >= 0.6 is 27.3 Å². The van der Waals surface area contributed by atoms with Crippen molar-refractivity contribution in [1.29, 1.82) is 0 Å². The van der Waals surface area contributed by atoms with Crippen molar-refractivity contribution in [3.63, 3.8) is 0 Å². The molecular weight excluding hydrogens is 412 g/mol. The number of nitrogens with one attached hydrogen (secondary N) is 1. The normalized spacial score (nSPS) is 11.0. The van der Waals surface area contributed by atoms with E-state index in [2.05, 4.69) is 31.3 Å². The summed E-state index contributed by atoms with van der Waals surface area (Å²) >= 11 is 4.94. The first-order chi connectivity index (χ1) is 12.3. The highest BCUT2D eigenvalue weighted by atomic mass is 79.9. The molecule has 3 aromatic rings. The van der Waals surface area contributed by atoms with Crippen LogP contribution in [0.2, 0.25) is 0 Å². The molecule has 2 aromatic heterocycles. The standard InChI is InChI=1S/C19H21BrN4OS/c1-11-16(12(2)24(4)23-11)9-10-17(25)21-19-22-18(13(3)26-19)14-5-7-15(20)8-6-14/h5-8H,9-10H2,1-4H3,(H,21,22,25). The van der Waals surface area contributed by atoms with Crippen LogP contribution < -0.4 is 5.32 Å². The molecule has 0 aliphatic rings. The van der Waals surface area contributed by atoms with E-state index < -0.39 is 0 Å². The first-order valence-electron chi connectivity index (χ1n) is 8.37. The van der Waals surface area contributed by atoms with E-state index in [1.807, 2.05) is 56.8 Å². The highest BCUT2D eigenvalue weighted by Gasteiger charge is 2.14. The van der Waals surface area contributed by atoms with Gasteiger partial charge in [-0.2, -0.15) is 5.10 Å². The lowest BCUT2D eigenvalue weighted by Crippen LogP contribution is -2.12. The zero-order valence-electron chi connectivity index (χ0n) is 15.3. The molecule has 0 atom stereocenters. The fraction of sp³-hybridized carbons (Fsp3) is 0.316. The minimum absolute atomic E-state index is 0.0243. The summed E-state index contributed by atoms with van der Waals surface area (Å²) in [5.74, 6) is -0.0243. The molecule has 26 heavy (non-hydrogen) atoms. The molecule has 0 bridgehead atoms. The van der Waals surface area contributed by atoms with Gasteiger partial charge in [-0.1, -0.05) is 28.1 Å². The van der Waals surface area contributed by atoms with E-state index >= 15 is 0 Å². The molecule has 136 valence electrons. The molecule has 0 saturated heterocycles. The number of carbonyl (C=O) groups is 1. The van der Waals surface area contributed by atoms with Gasteiger partial charge < -0.3 is 5.32 Å². The van der Waals surface area contributed by atoms with Gasteiger partial charge in [0.15, 0.2) is 5.13 Å². The minimum atomic E-state index is -0.0243. The van der Waals surface area contributed by atoms with E-state index in [9.17, 15) is 4.79 Å². The molecule has 1 N–H and O–H groups in total. The summed E-state index contributed by atoms with van der Waals surface area (Å²) < 4.78 is 2.89. The van der Waals surface area contributed by atoms with Gasteiger partial charge in [-0.15, -0.1) is 11.3 Å². The number of hydrogen-bond donors (Lipinski definition) is 1. The summed E-state index contributed by atoms with van der Waals surface area (Å²) in [6.07, 6.45) is 1.10. The van der Waals surface area contributed by atoms with Crippen molar-refractivity contribution >= 4 is 38.3 Å². The van der Waals surface area contributed by atoms with Crippen molar-refractivity contribution in [2.45, 2.75) is 33.6 Å². The van der Waals surface area contributed by atoms with Crippen LogP contribution in [0.4, 0.5) is 5.13 Å². The summed E-state index contributed by atoms with van der Waals surface area (Å²) in [6, 6.07) is 8.02. The Hall–Kier alpha value is -1.99. The molecule has 0 aliphatic carbocycles. The Kier molecular flexibility index (Phi) is 5.58. The lowest BCUT2D eigenvalue weighted by atomic mass is 10.1. The number of benzene rings is 1. The van der Waals surface area contributed by atoms with Gasteiger partial charge in [-0.05, 0) is 44.9 Å². The van der Waals surface area contributed by atoms with Gasteiger partial charge in [0.1, 0.15) is 0 Å². The van der Waals surface area contributed by atoms with Crippen LogP contribution in [-0.4, -0.2) is 20.7 Å². The number of anilines is 1. The fourth-order valence-corrected chi connectivity index (χ4v) is 4.04. The third-order valence-electron chi connectivity index (χ3n) is 4.42. The highest BCUT2D eigenvalue weighted by Crippen LogP contribution is 2.31. The lowest BCUT2D eigenvalue weighted by Gasteiger charge is -2.03. The Balaban J connectivity index is 1.66. The van der Waals surface area contributed by atoms with Crippen molar-refractivity contribution < 1.29 is 4.79 Å². The molecule has 7 heteroatoms. The van der Waals surface area contributed by atoms with E-state index in [1.165, 1.54) is 11.3 Å². The van der Waals surface area contributed by atoms with Crippen molar-refractivity contribution in [3.05, 3.63) is 50.6 Å². The second kappa shape index (κ2) is 7.72. The number of amides is 1. The van der Waals surface area contributed by atoms with Crippen molar-refractivity contribution in [2.75, 3.05) is 5.32 Å². The van der Waals surface area contributed by atoms with Gasteiger partial charge in [0.2, 0.25) is 5.91 Å². The first kappa shape index (κ1) is 18.8. The zero-order valence-corrected chi connectivity index (χ0v) is 17.7. The molecule has 0 radical (unpaired) electrons. The average molecular weight is 433 g/mol. The number of rotatable bonds is 5. The average Bonchev–Trinajstić information content (AvgIpc) is 3.06. The third kappa shape index (κ3) is 4.04. The summed E-state index contributed by atoms with van der Waals surface area (Å²) in [4.78, 5) is 18.0. The van der Waals surface area contributed by atoms with E-state index in [4.69, 9.17) is 0 Å². The number of carbonyl (C=O) groups excluding carboxylic acids is 1. The zero-order chi connectivity index (χ0) is 18.8. The molecule has 3 rings (SSSR count). The van der Waals surface area contributed by atoms with Crippen LogP contribution in [0.25, 0.3) is 11.3 Å². The molecule has 2 heterocycles. The summed E-state index contributed by atoms with van der Waals surface area (Å²) in [5.41, 5.74) is 5.20. The molecule has 0 spiro atoms. The lowest BCUT2D eigenvalue weighted by molar-refractivity contribution is -0.116. The number of halogens is 1. The van der Waals surface area contributed by atoms with E-state index in [0.717, 1.165) is 37.6 Å².